The summed E-state index contributed by atoms with van der Waals surface area (Å²) in [5.74, 6) is -0.850. The number of ether oxygens (including phenoxy) is 1. The van der Waals surface area contributed by atoms with Crippen LogP contribution in [0.25, 0.3) is 0 Å². The molecule has 0 radical (unpaired) electrons. The Morgan fingerprint density at radius 1 is 1.32 bits per heavy atom. The monoisotopic (exact) mass is 387 g/mol. The molecule has 0 bridgehead atoms. The molecule has 9 heteroatoms. The smallest absolute Gasteiger partial charge is 0.408 e. The maximum Gasteiger partial charge on any atom is 0.408 e. The van der Waals surface area contributed by atoms with Crippen LogP contribution in [0.1, 0.15) is 18.3 Å². The van der Waals surface area contributed by atoms with Gasteiger partial charge in [-0.15, -0.1) is 0 Å². The van der Waals surface area contributed by atoms with Gasteiger partial charge in [0.2, 0.25) is 11.2 Å². The Bertz CT molecular complexity index is 536. The molecule has 0 spiro atoms. The molecule has 2 atom stereocenters. The molecule has 1 aromatic carbocycles. The molecule has 22 heavy (non-hydrogen) atoms. The largest absolute Gasteiger partial charge is 0.445 e. The molecular formula is C13H17Cl3NO4P. The van der Waals surface area contributed by atoms with Gasteiger partial charge in [-0.2, -0.15) is 0 Å². The first-order chi connectivity index (χ1) is 10.2. The Hall–Kier alpha value is -0.450. The van der Waals surface area contributed by atoms with Crippen LogP contribution < -0.4 is 5.32 Å². The summed E-state index contributed by atoms with van der Waals surface area (Å²) in [5.41, 5.74) is 0.632. The summed E-state index contributed by atoms with van der Waals surface area (Å²) in [7, 11) is -3.15. The molecule has 1 aromatic rings. The van der Waals surface area contributed by atoms with Gasteiger partial charge in [-0.05, 0) is 12.5 Å². The van der Waals surface area contributed by atoms with Crippen molar-refractivity contribution in [3.8, 4) is 0 Å². The minimum Gasteiger partial charge on any atom is -0.445 e. The highest BCUT2D eigenvalue weighted by Crippen LogP contribution is 2.55. The molecule has 1 rings (SSSR count). The number of rotatable bonds is 6. The van der Waals surface area contributed by atoms with Crippen LogP contribution in [0.15, 0.2) is 30.3 Å². The quantitative estimate of drug-likeness (QED) is 0.565. The summed E-state index contributed by atoms with van der Waals surface area (Å²) in [4.78, 5) is 11.8. The summed E-state index contributed by atoms with van der Waals surface area (Å²) >= 11 is 16.6. The fourth-order valence-electron chi connectivity index (χ4n) is 1.74. The normalized spacial score (nSPS) is 15.7. The fourth-order valence-corrected chi connectivity index (χ4v) is 3.62. The van der Waals surface area contributed by atoms with Crippen molar-refractivity contribution in [3.05, 3.63) is 35.9 Å². The van der Waals surface area contributed by atoms with Crippen LogP contribution in [-0.4, -0.2) is 29.8 Å². The predicted octanol–water partition coefficient (Wildman–Crippen LogP) is 4.73. The summed E-state index contributed by atoms with van der Waals surface area (Å²) in [6.07, 6.45) is -0.845. The Morgan fingerprint density at radius 3 is 2.41 bits per heavy atom. The zero-order valence-corrected chi connectivity index (χ0v) is 15.3. The van der Waals surface area contributed by atoms with E-state index in [4.69, 9.17) is 44.1 Å². The first kappa shape index (κ1) is 19.6. The van der Waals surface area contributed by atoms with Crippen LogP contribution in [0.5, 0.6) is 0 Å². The molecule has 0 aliphatic heterocycles. The number of carbonyl (C=O) groups excluding carboxylic acids is 1. The molecule has 1 N–H and O–H groups in total. The molecule has 0 aliphatic rings. The lowest BCUT2D eigenvalue weighted by Gasteiger charge is -2.25. The van der Waals surface area contributed by atoms with Gasteiger partial charge in [-0.1, -0.05) is 65.1 Å². The molecule has 0 saturated heterocycles. The van der Waals surface area contributed by atoms with Crippen LogP contribution in [0, 0.1) is 0 Å². The molecule has 0 saturated carbocycles. The average molecular weight is 389 g/mol. The van der Waals surface area contributed by atoms with Crippen LogP contribution >= 0.6 is 42.2 Å². The Morgan fingerprint density at radius 2 is 1.91 bits per heavy atom. The zero-order chi connectivity index (χ0) is 16.8. The van der Waals surface area contributed by atoms with E-state index >= 15 is 0 Å². The molecule has 0 aromatic heterocycles. The van der Waals surface area contributed by atoms with E-state index in [1.54, 1.807) is 31.2 Å². The number of nitrogens with one attached hydrogen (secondary N) is 1. The molecule has 5 nitrogen and oxygen atoms in total. The number of carbonyl (C=O) groups is 1. The number of alkyl carbamates (subject to hydrolysis) is 1. The van der Waals surface area contributed by atoms with Gasteiger partial charge in [0.1, 0.15) is 12.4 Å². The van der Waals surface area contributed by atoms with Crippen molar-refractivity contribution in [1.82, 2.24) is 5.32 Å². The molecule has 1 amide bonds. The van der Waals surface area contributed by atoms with Gasteiger partial charge in [0.25, 0.3) is 0 Å². The van der Waals surface area contributed by atoms with Crippen molar-refractivity contribution in [3.63, 3.8) is 0 Å². The van der Waals surface area contributed by atoms with Crippen molar-refractivity contribution < 1.29 is 18.6 Å². The van der Waals surface area contributed by atoms with Crippen molar-refractivity contribution in [2.75, 3.05) is 19.9 Å². The molecule has 0 heterocycles. The molecule has 124 valence electrons. The lowest BCUT2D eigenvalue weighted by Crippen LogP contribution is -2.31. The lowest BCUT2D eigenvalue weighted by molar-refractivity contribution is 0.146. The van der Waals surface area contributed by atoms with Gasteiger partial charge >= 0.3 is 6.09 Å². The highest BCUT2D eigenvalue weighted by atomic mass is 35.6. The first-order valence-electron chi connectivity index (χ1n) is 6.42. The number of alkyl halides is 3. The standard InChI is InChI=1S/C13H17Cl3NO4P/c1-3-21-22(2,19)11(10-7-5-4-6-8-10)17-12(18)20-9-13(14,15)16/h4-8,11H,3,9H2,1-2H3,(H,17,18). The number of hydrogen-bond acceptors (Lipinski definition) is 4. The summed E-state index contributed by atoms with van der Waals surface area (Å²) in [5, 5.41) is 2.51. The minimum atomic E-state index is -3.15. The van der Waals surface area contributed by atoms with Gasteiger partial charge in [0, 0.05) is 6.66 Å². The van der Waals surface area contributed by atoms with Crippen LogP contribution in [0.2, 0.25) is 0 Å². The van der Waals surface area contributed by atoms with E-state index in [9.17, 15) is 9.36 Å². The third-order valence-corrected chi connectivity index (χ3v) is 5.05. The van der Waals surface area contributed by atoms with Crippen molar-refractivity contribution in [1.29, 1.82) is 0 Å². The summed E-state index contributed by atoms with van der Waals surface area (Å²) in [6.45, 7) is 3.00. The molecule has 0 aliphatic carbocycles. The second-order valence-electron chi connectivity index (χ2n) is 4.48. The van der Waals surface area contributed by atoms with E-state index in [0.717, 1.165) is 0 Å². The van der Waals surface area contributed by atoms with E-state index in [0.29, 0.717) is 5.56 Å². The van der Waals surface area contributed by atoms with Gasteiger partial charge in [-0.25, -0.2) is 4.79 Å². The number of hydrogen-bond donors (Lipinski definition) is 1. The average Bonchev–Trinajstić information content (AvgIpc) is 2.42. The lowest BCUT2D eigenvalue weighted by atomic mass is 10.2. The maximum absolute atomic E-state index is 12.7. The van der Waals surface area contributed by atoms with Crippen LogP contribution in [0.3, 0.4) is 0 Å². The van der Waals surface area contributed by atoms with Crippen molar-refractivity contribution in [2.24, 2.45) is 0 Å². The van der Waals surface area contributed by atoms with Gasteiger partial charge in [0.05, 0.1) is 6.61 Å². The highest BCUT2D eigenvalue weighted by molar-refractivity contribution is 7.58. The second kappa shape index (κ2) is 8.42. The van der Waals surface area contributed by atoms with Crippen molar-refractivity contribution in [2.45, 2.75) is 16.5 Å². The SMILES string of the molecule is CCOP(C)(=O)C(NC(=O)OCC(Cl)(Cl)Cl)c1ccccc1. The van der Waals surface area contributed by atoms with E-state index in [-0.39, 0.29) is 6.61 Å². The third-order valence-electron chi connectivity index (χ3n) is 2.59. The van der Waals surface area contributed by atoms with E-state index in [1.807, 2.05) is 6.07 Å². The van der Waals surface area contributed by atoms with E-state index in [2.05, 4.69) is 5.32 Å². The van der Waals surface area contributed by atoms with Gasteiger partial charge in [-0.3, -0.25) is 4.57 Å². The van der Waals surface area contributed by atoms with Gasteiger partial charge < -0.3 is 14.6 Å². The van der Waals surface area contributed by atoms with Crippen molar-refractivity contribution >= 4 is 48.3 Å². The molecular weight excluding hydrogens is 371 g/mol. The Labute approximate surface area is 144 Å². The zero-order valence-electron chi connectivity index (χ0n) is 12.1. The van der Waals surface area contributed by atoms with E-state index < -0.39 is 29.6 Å². The van der Waals surface area contributed by atoms with Crippen LogP contribution in [0.4, 0.5) is 4.79 Å². The first-order valence-corrected chi connectivity index (χ1v) is 9.70. The summed E-state index contributed by atoms with van der Waals surface area (Å²) in [6, 6.07) is 8.80. The number of amides is 1. The highest BCUT2D eigenvalue weighted by Gasteiger charge is 2.33. The fraction of sp³-hybridized carbons (Fsp3) is 0.462. The van der Waals surface area contributed by atoms with Gasteiger partial charge in [0.15, 0.2) is 0 Å². The molecule has 0 fully saturated rings. The number of halogens is 3. The summed E-state index contributed by atoms with van der Waals surface area (Å²) < 4.78 is 21.1. The predicted molar refractivity (Wildman–Crippen MR) is 89.1 cm³/mol. The minimum absolute atomic E-state index is 0.252. The van der Waals surface area contributed by atoms with Crippen LogP contribution in [-0.2, 0) is 13.8 Å². The maximum atomic E-state index is 12.7. The van der Waals surface area contributed by atoms with E-state index in [1.165, 1.54) is 6.66 Å². The Kier molecular flexibility index (Phi) is 7.50. The topological polar surface area (TPSA) is 64.6 Å². The Balaban J connectivity index is 2.88. The third kappa shape index (κ3) is 6.76. The molecule has 2 unspecified atom stereocenters. The number of benzene rings is 1. The second-order valence-corrected chi connectivity index (χ2v) is 9.58.